The summed E-state index contributed by atoms with van der Waals surface area (Å²) in [5.74, 6) is 0.00520. The molecule has 2 aromatic rings. The van der Waals surface area contributed by atoms with E-state index in [4.69, 9.17) is 9.15 Å². The van der Waals surface area contributed by atoms with Crippen LogP contribution in [-0.2, 0) is 20.3 Å². The fourth-order valence-electron chi connectivity index (χ4n) is 1.53. The third-order valence-corrected chi connectivity index (χ3v) is 4.68. The minimum Gasteiger partial charge on any atom is -0.420 e. The first-order valence-corrected chi connectivity index (χ1v) is 8.40. The van der Waals surface area contributed by atoms with Gasteiger partial charge in [0.05, 0.1) is 17.9 Å². The molecule has 20 heavy (non-hydrogen) atoms. The summed E-state index contributed by atoms with van der Waals surface area (Å²) in [4.78, 5) is 0. The van der Waals surface area contributed by atoms with E-state index in [1.807, 2.05) is 18.2 Å². The molecule has 0 bridgehead atoms. The smallest absolute Gasteiger partial charge is 0.248 e. The maximum absolute atomic E-state index is 11.8. The van der Waals surface area contributed by atoms with Crippen LogP contribution in [-0.4, -0.2) is 38.1 Å². The molecule has 0 saturated carbocycles. The molecule has 2 rings (SSSR count). The first-order chi connectivity index (χ1) is 9.52. The molecule has 0 aliphatic carbocycles. The fraction of sp³-hybridized carbons (Fsp3) is 0.333. The van der Waals surface area contributed by atoms with Crippen molar-refractivity contribution in [3.63, 3.8) is 0 Å². The van der Waals surface area contributed by atoms with Gasteiger partial charge in [0.1, 0.15) is 5.75 Å². The zero-order valence-corrected chi connectivity index (χ0v) is 13.1. The molecule has 1 aromatic carbocycles. The molecular weight excluding hydrogens is 348 g/mol. The number of benzene rings is 1. The zero-order valence-electron chi connectivity index (χ0n) is 10.7. The molecule has 0 fully saturated rings. The average molecular weight is 361 g/mol. The Morgan fingerprint density at radius 1 is 1.30 bits per heavy atom. The van der Waals surface area contributed by atoms with Gasteiger partial charge in [0.15, 0.2) is 9.84 Å². The molecule has 6 nitrogen and oxygen atoms in total. The van der Waals surface area contributed by atoms with Crippen molar-refractivity contribution in [2.75, 3.05) is 19.5 Å². The third-order valence-electron chi connectivity index (χ3n) is 2.51. The normalized spacial score (nSPS) is 11.7. The van der Waals surface area contributed by atoms with Gasteiger partial charge < -0.3 is 9.15 Å². The van der Waals surface area contributed by atoms with Gasteiger partial charge in [-0.15, -0.1) is 10.2 Å². The van der Waals surface area contributed by atoms with E-state index >= 15 is 0 Å². The lowest BCUT2D eigenvalue weighted by atomic mass is 10.2. The van der Waals surface area contributed by atoms with Crippen molar-refractivity contribution in [2.45, 2.75) is 5.75 Å². The van der Waals surface area contributed by atoms with Crippen LogP contribution in [0.2, 0.25) is 0 Å². The Hall–Kier alpha value is -1.25. The molecule has 0 aliphatic heterocycles. The quantitative estimate of drug-likeness (QED) is 0.783. The van der Waals surface area contributed by atoms with E-state index in [1.54, 1.807) is 6.07 Å². The Labute approximate surface area is 125 Å². The number of nitrogens with zero attached hydrogens (tertiary/aromatic N) is 2. The predicted octanol–water partition coefficient (Wildman–Crippen LogP) is 2.06. The first-order valence-electron chi connectivity index (χ1n) is 5.78. The molecule has 108 valence electrons. The van der Waals surface area contributed by atoms with Crippen molar-refractivity contribution >= 4 is 25.8 Å². The summed E-state index contributed by atoms with van der Waals surface area (Å²) in [5, 5.41) is 7.64. The maximum Gasteiger partial charge on any atom is 0.248 e. The molecule has 0 radical (unpaired) electrons. The van der Waals surface area contributed by atoms with Crippen LogP contribution < -0.4 is 0 Å². The Morgan fingerprint density at radius 3 is 2.75 bits per heavy atom. The number of aromatic nitrogens is 2. The molecule has 0 N–H and O–H groups in total. The Kier molecular flexibility index (Phi) is 4.90. The molecule has 0 aliphatic rings. The number of hydrogen-bond donors (Lipinski definition) is 0. The SMILES string of the molecule is COCCS(=O)(=O)Cc1nnc(-c2ccccc2Br)o1. The molecule has 1 aromatic heterocycles. The van der Waals surface area contributed by atoms with Crippen LogP contribution in [0.1, 0.15) is 5.89 Å². The summed E-state index contributed by atoms with van der Waals surface area (Å²) >= 11 is 3.38. The highest BCUT2D eigenvalue weighted by Gasteiger charge is 2.18. The summed E-state index contributed by atoms with van der Waals surface area (Å²) in [6.45, 7) is 0.146. The second-order valence-corrected chi connectivity index (χ2v) is 7.10. The standard InChI is InChI=1S/C12H13BrN2O4S/c1-18-6-7-20(16,17)8-11-14-15-12(19-11)9-4-2-3-5-10(9)13/h2-5H,6-8H2,1H3. The summed E-state index contributed by atoms with van der Waals surface area (Å²) in [6, 6.07) is 7.34. The van der Waals surface area contributed by atoms with E-state index in [0.717, 1.165) is 10.0 Å². The summed E-state index contributed by atoms with van der Waals surface area (Å²) in [6.07, 6.45) is 0. The lowest BCUT2D eigenvalue weighted by Crippen LogP contribution is -2.13. The van der Waals surface area contributed by atoms with Gasteiger partial charge in [-0.1, -0.05) is 12.1 Å². The predicted molar refractivity (Wildman–Crippen MR) is 76.8 cm³/mol. The molecule has 0 amide bonds. The van der Waals surface area contributed by atoms with Crippen molar-refractivity contribution in [2.24, 2.45) is 0 Å². The van der Waals surface area contributed by atoms with Gasteiger partial charge in [-0.05, 0) is 28.1 Å². The van der Waals surface area contributed by atoms with E-state index in [9.17, 15) is 8.42 Å². The highest BCUT2D eigenvalue weighted by molar-refractivity contribution is 9.10. The Morgan fingerprint density at radius 2 is 2.05 bits per heavy atom. The monoisotopic (exact) mass is 360 g/mol. The van der Waals surface area contributed by atoms with Gasteiger partial charge in [-0.3, -0.25) is 0 Å². The van der Waals surface area contributed by atoms with Crippen molar-refractivity contribution in [1.82, 2.24) is 10.2 Å². The molecule has 1 heterocycles. The van der Waals surface area contributed by atoms with E-state index in [1.165, 1.54) is 7.11 Å². The van der Waals surface area contributed by atoms with Crippen molar-refractivity contribution in [1.29, 1.82) is 0 Å². The number of methoxy groups -OCH3 is 1. The molecular formula is C12H13BrN2O4S. The van der Waals surface area contributed by atoms with Crippen LogP contribution in [0.4, 0.5) is 0 Å². The Bertz CT molecular complexity index is 684. The van der Waals surface area contributed by atoms with Crippen molar-refractivity contribution < 1.29 is 17.6 Å². The van der Waals surface area contributed by atoms with Crippen LogP contribution >= 0.6 is 15.9 Å². The number of hydrogen-bond acceptors (Lipinski definition) is 6. The van der Waals surface area contributed by atoms with Gasteiger partial charge in [0.2, 0.25) is 11.8 Å². The van der Waals surface area contributed by atoms with Crippen molar-refractivity contribution in [3.8, 4) is 11.5 Å². The summed E-state index contributed by atoms with van der Waals surface area (Å²) in [5.41, 5.74) is 0.723. The molecule has 0 unspecified atom stereocenters. The second-order valence-electron chi connectivity index (χ2n) is 4.07. The maximum atomic E-state index is 11.8. The molecule has 8 heteroatoms. The van der Waals surface area contributed by atoms with Crippen molar-refractivity contribution in [3.05, 3.63) is 34.6 Å². The topological polar surface area (TPSA) is 82.3 Å². The first kappa shape index (κ1) is 15.1. The lowest BCUT2D eigenvalue weighted by molar-refractivity contribution is 0.217. The lowest BCUT2D eigenvalue weighted by Gasteiger charge is -2.00. The largest absolute Gasteiger partial charge is 0.420 e. The van der Waals surface area contributed by atoms with E-state index in [-0.39, 0.29) is 29.9 Å². The van der Waals surface area contributed by atoms with Crippen LogP contribution in [0.25, 0.3) is 11.5 Å². The van der Waals surface area contributed by atoms with Crippen LogP contribution in [0.3, 0.4) is 0 Å². The van der Waals surface area contributed by atoms with Crippen LogP contribution in [0, 0.1) is 0 Å². The van der Waals surface area contributed by atoms with E-state index < -0.39 is 9.84 Å². The van der Waals surface area contributed by atoms with E-state index in [0.29, 0.717) is 0 Å². The molecule has 0 atom stereocenters. The summed E-state index contributed by atoms with van der Waals surface area (Å²) in [7, 11) is -1.86. The number of rotatable bonds is 6. The summed E-state index contributed by atoms with van der Waals surface area (Å²) < 4.78 is 34.5. The van der Waals surface area contributed by atoms with Gasteiger partial charge in [-0.2, -0.15) is 0 Å². The number of halogens is 1. The van der Waals surface area contributed by atoms with Gasteiger partial charge in [0, 0.05) is 11.6 Å². The Balaban J connectivity index is 2.16. The van der Waals surface area contributed by atoms with Crippen LogP contribution in [0.5, 0.6) is 0 Å². The highest BCUT2D eigenvalue weighted by Crippen LogP contribution is 2.26. The highest BCUT2D eigenvalue weighted by atomic mass is 79.9. The molecule has 0 saturated heterocycles. The minimum absolute atomic E-state index is 0.0732. The third kappa shape index (κ3) is 3.87. The van der Waals surface area contributed by atoms with Gasteiger partial charge in [0.25, 0.3) is 0 Å². The average Bonchev–Trinajstić information content (AvgIpc) is 2.84. The van der Waals surface area contributed by atoms with Gasteiger partial charge >= 0.3 is 0 Å². The number of ether oxygens (including phenoxy) is 1. The molecule has 0 spiro atoms. The van der Waals surface area contributed by atoms with E-state index in [2.05, 4.69) is 26.1 Å². The second kappa shape index (κ2) is 6.47. The zero-order chi connectivity index (χ0) is 14.6. The van der Waals surface area contributed by atoms with Crippen LogP contribution in [0.15, 0.2) is 33.2 Å². The minimum atomic E-state index is -3.31. The van der Waals surface area contributed by atoms with Gasteiger partial charge in [-0.25, -0.2) is 8.42 Å². The fourth-order valence-corrected chi connectivity index (χ4v) is 3.04. The number of sulfone groups is 1.